The van der Waals surface area contributed by atoms with Gasteiger partial charge in [-0.15, -0.1) is 0 Å². The van der Waals surface area contributed by atoms with Crippen molar-refractivity contribution in [3.63, 3.8) is 0 Å². The molecule has 0 N–H and O–H groups in total. The van der Waals surface area contributed by atoms with Gasteiger partial charge in [0.25, 0.3) is 0 Å². The lowest BCUT2D eigenvalue weighted by molar-refractivity contribution is -0.00294. The number of aromatic nitrogens is 1. The zero-order valence-electron chi connectivity index (χ0n) is 18.6. The van der Waals surface area contributed by atoms with Gasteiger partial charge in [-0.1, -0.05) is 6.42 Å². The summed E-state index contributed by atoms with van der Waals surface area (Å²) in [5.41, 5.74) is 1.12. The van der Waals surface area contributed by atoms with Crippen molar-refractivity contribution >= 4 is 17.7 Å². The largest absolute Gasteiger partial charge is 0.450 e. The third-order valence-electron chi connectivity index (χ3n) is 7.91. The molecular weight excluding hydrogens is 392 g/mol. The average molecular weight is 427 g/mol. The monoisotopic (exact) mass is 426 g/mol. The van der Waals surface area contributed by atoms with E-state index in [1.54, 1.807) is 0 Å². The minimum atomic E-state index is -0.159. The normalized spacial score (nSPS) is 25.9. The van der Waals surface area contributed by atoms with Crippen LogP contribution in [-0.2, 0) is 4.74 Å². The fraction of sp³-hybridized carbons (Fsp3) is 0.708. The molecule has 1 aromatic rings. The maximum absolute atomic E-state index is 12.9. The van der Waals surface area contributed by atoms with Crippen molar-refractivity contribution in [2.45, 2.75) is 51.5 Å². The average Bonchev–Trinajstić information content (AvgIpc) is 3.18. The summed E-state index contributed by atoms with van der Waals surface area (Å²) in [5, 5.41) is 0. The zero-order chi connectivity index (χ0) is 21.4. The number of amides is 1. The lowest BCUT2D eigenvalue weighted by Gasteiger charge is -2.48. The van der Waals surface area contributed by atoms with E-state index in [1.165, 1.54) is 25.7 Å². The highest BCUT2D eigenvalue weighted by atomic mass is 16.6. The molecule has 3 heterocycles. The maximum atomic E-state index is 12.9. The number of rotatable bonds is 5. The number of hydrogen-bond donors (Lipinski definition) is 0. The van der Waals surface area contributed by atoms with Crippen molar-refractivity contribution in [2.75, 3.05) is 50.8 Å². The lowest BCUT2D eigenvalue weighted by Crippen LogP contribution is -2.58. The molecule has 4 fully saturated rings. The summed E-state index contributed by atoms with van der Waals surface area (Å²) in [5.74, 6) is 1.37. The molecule has 2 saturated heterocycles. The molecule has 2 aliphatic heterocycles. The second kappa shape index (κ2) is 8.41. The van der Waals surface area contributed by atoms with E-state index in [4.69, 9.17) is 4.74 Å². The number of ketones is 1. The first-order valence-corrected chi connectivity index (χ1v) is 12.0. The van der Waals surface area contributed by atoms with Gasteiger partial charge in [-0.2, -0.15) is 0 Å². The smallest absolute Gasteiger partial charge is 0.409 e. The van der Waals surface area contributed by atoms with Gasteiger partial charge in [0.05, 0.1) is 12.2 Å². The van der Waals surface area contributed by atoms with Gasteiger partial charge in [0.2, 0.25) is 0 Å². The Balaban J connectivity index is 1.15. The Kier molecular flexibility index (Phi) is 5.63. The van der Waals surface area contributed by atoms with Gasteiger partial charge in [0, 0.05) is 62.8 Å². The standard InChI is InChI=1S/C24H34N4O3/c1-2-31-23(30)28-16-24(17-28)9-8-19(15-24)26-11-13-27(14-12-26)22-20(7-4-10-25-22)21(29)18-5-3-6-18/h4,7,10,18-19H,2-3,5-6,8-9,11-17H2,1H3/t19-/m1/s1. The first-order valence-electron chi connectivity index (χ1n) is 12.0. The van der Waals surface area contributed by atoms with E-state index in [0.717, 1.165) is 63.5 Å². The molecule has 168 valence electrons. The van der Waals surface area contributed by atoms with Crippen molar-refractivity contribution in [3.05, 3.63) is 23.9 Å². The molecule has 0 aromatic carbocycles. The number of pyridine rings is 1. The van der Waals surface area contributed by atoms with Crippen molar-refractivity contribution in [2.24, 2.45) is 11.3 Å². The number of hydrogen-bond acceptors (Lipinski definition) is 6. The minimum Gasteiger partial charge on any atom is -0.450 e. The van der Waals surface area contributed by atoms with Crippen LogP contribution in [0.4, 0.5) is 10.6 Å². The Morgan fingerprint density at radius 1 is 1.16 bits per heavy atom. The molecule has 2 aliphatic carbocycles. The molecule has 0 unspecified atom stereocenters. The number of likely N-dealkylation sites (tertiary alicyclic amines) is 1. The Morgan fingerprint density at radius 2 is 1.94 bits per heavy atom. The van der Waals surface area contributed by atoms with Crippen molar-refractivity contribution in [1.29, 1.82) is 0 Å². The van der Waals surface area contributed by atoms with Crippen LogP contribution in [0.25, 0.3) is 0 Å². The van der Waals surface area contributed by atoms with E-state index in [1.807, 2.05) is 30.2 Å². The van der Waals surface area contributed by atoms with E-state index in [2.05, 4.69) is 14.8 Å². The van der Waals surface area contributed by atoms with Gasteiger partial charge >= 0.3 is 6.09 Å². The van der Waals surface area contributed by atoms with Crippen molar-refractivity contribution < 1.29 is 14.3 Å². The lowest BCUT2D eigenvalue weighted by atomic mass is 9.78. The van der Waals surface area contributed by atoms with E-state index in [0.29, 0.717) is 18.1 Å². The quantitative estimate of drug-likeness (QED) is 0.674. The van der Waals surface area contributed by atoms with Crippen LogP contribution in [0.5, 0.6) is 0 Å². The van der Waals surface area contributed by atoms with E-state index < -0.39 is 0 Å². The number of Topliss-reactive ketones (excluding diaryl/α,β-unsaturated/α-hetero) is 1. The van der Waals surface area contributed by atoms with Gasteiger partial charge in [-0.3, -0.25) is 9.69 Å². The van der Waals surface area contributed by atoms with Crippen LogP contribution in [0.15, 0.2) is 18.3 Å². The third kappa shape index (κ3) is 3.93. The van der Waals surface area contributed by atoms with Gasteiger partial charge < -0.3 is 14.5 Å². The molecule has 0 radical (unpaired) electrons. The van der Waals surface area contributed by atoms with Crippen molar-refractivity contribution in [3.8, 4) is 0 Å². The molecule has 7 heteroatoms. The zero-order valence-corrected chi connectivity index (χ0v) is 18.6. The van der Waals surface area contributed by atoms with Gasteiger partial charge in [-0.05, 0) is 51.2 Å². The number of carbonyl (C=O) groups excluding carboxylic acids is 2. The highest BCUT2D eigenvalue weighted by Gasteiger charge is 2.51. The molecule has 2 saturated carbocycles. The molecule has 1 amide bonds. The second-order valence-corrected chi connectivity index (χ2v) is 9.84. The van der Waals surface area contributed by atoms with Crippen LogP contribution >= 0.6 is 0 Å². The summed E-state index contributed by atoms with van der Waals surface area (Å²) in [7, 11) is 0. The molecule has 1 spiro atoms. The van der Waals surface area contributed by atoms with Crippen LogP contribution in [0.3, 0.4) is 0 Å². The van der Waals surface area contributed by atoms with Gasteiger partial charge in [0.1, 0.15) is 5.82 Å². The fourth-order valence-electron chi connectivity index (χ4n) is 5.91. The molecule has 5 rings (SSSR count). The Bertz CT molecular complexity index is 826. The second-order valence-electron chi connectivity index (χ2n) is 9.84. The Labute approximate surface area is 184 Å². The number of piperazine rings is 1. The number of carbonyl (C=O) groups is 2. The number of ether oxygens (including phenoxy) is 1. The van der Waals surface area contributed by atoms with Gasteiger partial charge in [-0.25, -0.2) is 9.78 Å². The minimum absolute atomic E-state index is 0.159. The first-order chi connectivity index (χ1) is 15.1. The molecule has 1 atom stereocenters. The van der Waals surface area contributed by atoms with Crippen LogP contribution in [0.2, 0.25) is 0 Å². The van der Waals surface area contributed by atoms with Crippen LogP contribution in [0.1, 0.15) is 55.8 Å². The molecule has 7 nitrogen and oxygen atoms in total. The molecule has 0 bridgehead atoms. The summed E-state index contributed by atoms with van der Waals surface area (Å²) in [6.07, 6.45) is 8.47. The maximum Gasteiger partial charge on any atom is 0.409 e. The van der Waals surface area contributed by atoms with Crippen LogP contribution < -0.4 is 4.90 Å². The number of anilines is 1. The third-order valence-corrected chi connectivity index (χ3v) is 7.91. The summed E-state index contributed by atoms with van der Waals surface area (Å²) < 4.78 is 5.14. The molecule has 31 heavy (non-hydrogen) atoms. The molecule has 1 aromatic heterocycles. The summed E-state index contributed by atoms with van der Waals surface area (Å²) >= 11 is 0. The topological polar surface area (TPSA) is 66.0 Å². The Morgan fingerprint density at radius 3 is 2.61 bits per heavy atom. The van der Waals surface area contributed by atoms with Crippen LogP contribution in [-0.4, -0.2) is 78.6 Å². The summed E-state index contributed by atoms with van der Waals surface area (Å²) in [4.78, 5) is 36.2. The molecular formula is C24H34N4O3. The van der Waals surface area contributed by atoms with Crippen LogP contribution in [0, 0.1) is 11.3 Å². The van der Waals surface area contributed by atoms with Gasteiger partial charge in [0.15, 0.2) is 5.78 Å². The van der Waals surface area contributed by atoms with Crippen molar-refractivity contribution in [1.82, 2.24) is 14.8 Å². The van der Waals surface area contributed by atoms with E-state index >= 15 is 0 Å². The predicted octanol–water partition coefficient (Wildman–Crippen LogP) is 3.20. The summed E-state index contributed by atoms with van der Waals surface area (Å²) in [6, 6.07) is 4.45. The van der Waals surface area contributed by atoms with E-state index in [-0.39, 0.29) is 17.8 Å². The first kappa shape index (κ1) is 20.7. The predicted molar refractivity (Wildman–Crippen MR) is 118 cm³/mol. The molecule has 4 aliphatic rings. The van der Waals surface area contributed by atoms with E-state index in [9.17, 15) is 9.59 Å². The SMILES string of the molecule is CCOC(=O)N1CC2(CC[C@@H](N3CCN(c4ncccc4C(=O)C4CCC4)CC3)C2)C1. The summed E-state index contributed by atoms with van der Waals surface area (Å²) in [6.45, 7) is 7.86. The Hall–Kier alpha value is -2.15. The highest BCUT2D eigenvalue weighted by molar-refractivity contribution is 6.02. The fourth-order valence-corrected chi connectivity index (χ4v) is 5.91. The number of nitrogens with zero attached hydrogens (tertiary/aromatic N) is 4. The highest BCUT2D eigenvalue weighted by Crippen LogP contribution is 2.47.